The van der Waals surface area contributed by atoms with Gasteiger partial charge in [-0.3, -0.25) is 10.2 Å². The third-order valence-corrected chi connectivity index (χ3v) is 1.77. The second-order valence-corrected chi connectivity index (χ2v) is 2.69. The number of nitrogens with zero attached hydrogens (tertiary/aromatic N) is 2. The number of nitrogens with one attached hydrogen (secondary N) is 1. The minimum absolute atomic E-state index is 0.117. The molecule has 0 fully saturated rings. The first-order chi connectivity index (χ1) is 5.77. The van der Waals surface area contributed by atoms with Gasteiger partial charge in [0.15, 0.2) is 0 Å². The third kappa shape index (κ3) is 1.01. The van der Waals surface area contributed by atoms with Gasteiger partial charge in [0.05, 0.1) is 0 Å². The molecule has 1 N–H and O–H groups in total. The molecule has 0 aromatic heterocycles. The molecule has 0 radical (unpaired) electrons. The van der Waals surface area contributed by atoms with Crippen molar-refractivity contribution < 1.29 is 4.79 Å². The summed E-state index contributed by atoms with van der Waals surface area (Å²) in [7, 11) is 0. The van der Waals surface area contributed by atoms with Crippen LogP contribution in [0.25, 0.3) is 0 Å². The van der Waals surface area contributed by atoms with Crippen LogP contribution in [0.1, 0.15) is 6.92 Å². The topological polar surface area (TPSA) is 44.7 Å². The molecule has 0 saturated carbocycles. The van der Waals surface area contributed by atoms with Crippen LogP contribution in [0.3, 0.4) is 0 Å². The first-order valence-corrected chi connectivity index (χ1v) is 3.76. The van der Waals surface area contributed by atoms with Crippen molar-refractivity contribution in [1.29, 1.82) is 0 Å². The predicted octanol–water partition coefficient (Wildman–Crippen LogP) is 0.840. The molecule has 0 bridgehead atoms. The number of amidine groups is 1. The van der Waals surface area contributed by atoms with E-state index >= 15 is 0 Å². The van der Waals surface area contributed by atoms with Gasteiger partial charge in [0.25, 0.3) is 0 Å². The molecule has 2 rings (SSSR count). The molecule has 2 aliphatic rings. The summed E-state index contributed by atoms with van der Waals surface area (Å²) < 4.78 is 0. The van der Waals surface area contributed by atoms with Gasteiger partial charge in [-0.05, 0) is 19.1 Å². The summed E-state index contributed by atoms with van der Waals surface area (Å²) in [5, 5.41) is 2.63. The van der Waals surface area contributed by atoms with Gasteiger partial charge >= 0.3 is 6.03 Å². The molecular formula is C8H9N3O. The molecule has 62 valence electrons. The van der Waals surface area contributed by atoms with Crippen LogP contribution >= 0.6 is 0 Å². The number of carbonyl (C=O) groups is 1. The SMILES string of the molecule is CC1=NC2C=CC=CN2C(=O)N1. The second-order valence-electron chi connectivity index (χ2n) is 2.69. The van der Waals surface area contributed by atoms with Gasteiger partial charge < -0.3 is 0 Å². The molecule has 0 aromatic rings. The molecule has 2 amide bonds. The molecule has 0 saturated heterocycles. The first-order valence-electron chi connectivity index (χ1n) is 3.76. The fourth-order valence-electron chi connectivity index (χ4n) is 1.23. The Hall–Kier alpha value is -1.58. The van der Waals surface area contributed by atoms with Crippen molar-refractivity contribution in [1.82, 2.24) is 10.2 Å². The average molecular weight is 163 g/mol. The second kappa shape index (κ2) is 2.48. The maximum Gasteiger partial charge on any atom is 0.328 e. The van der Waals surface area contributed by atoms with Gasteiger partial charge in [-0.15, -0.1) is 0 Å². The van der Waals surface area contributed by atoms with Crippen LogP contribution in [0.5, 0.6) is 0 Å². The summed E-state index contributed by atoms with van der Waals surface area (Å²) in [5.74, 6) is 0.668. The number of fused-ring (bicyclic) bond motifs is 1. The highest BCUT2D eigenvalue weighted by Gasteiger charge is 2.24. The summed E-state index contributed by atoms with van der Waals surface area (Å²) >= 11 is 0. The van der Waals surface area contributed by atoms with E-state index < -0.39 is 0 Å². The van der Waals surface area contributed by atoms with Crippen LogP contribution in [-0.4, -0.2) is 22.9 Å². The fraction of sp³-hybridized carbons (Fsp3) is 0.250. The lowest BCUT2D eigenvalue weighted by atomic mass is 10.3. The zero-order valence-electron chi connectivity index (χ0n) is 6.69. The minimum atomic E-state index is -0.149. The summed E-state index contributed by atoms with van der Waals surface area (Å²) in [6.45, 7) is 1.78. The lowest BCUT2D eigenvalue weighted by Crippen LogP contribution is -2.48. The van der Waals surface area contributed by atoms with Crippen molar-refractivity contribution in [2.24, 2.45) is 4.99 Å². The Balaban J connectivity index is 2.34. The standard InChI is InChI=1S/C8H9N3O/c1-6-9-7-4-2-3-5-11(7)8(12)10-6/h2-5,7H,1H3,(H,9,10,12). The van der Waals surface area contributed by atoms with Gasteiger partial charge in [-0.2, -0.15) is 0 Å². The van der Waals surface area contributed by atoms with Crippen LogP contribution in [-0.2, 0) is 0 Å². The summed E-state index contributed by atoms with van der Waals surface area (Å²) in [5.41, 5.74) is 0. The van der Waals surface area contributed by atoms with Crippen molar-refractivity contribution in [3.05, 3.63) is 24.4 Å². The molecule has 0 aromatic carbocycles. The van der Waals surface area contributed by atoms with Crippen LogP contribution in [0.2, 0.25) is 0 Å². The van der Waals surface area contributed by atoms with Crippen molar-refractivity contribution in [3.8, 4) is 0 Å². The predicted molar refractivity (Wildman–Crippen MR) is 45.5 cm³/mol. The van der Waals surface area contributed by atoms with Crippen LogP contribution in [0.15, 0.2) is 29.4 Å². The average Bonchev–Trinajstić information content (AvgIpc) is 2.04. The molecule has 1 unspecified atom stereocenters. The largest absolute Gasteiger partial charge is 0.328 e. The number of aliphatic imine (C=N–C) groups is 1. The molecule has 1 atom stereocenters. The molecule has 4 heteroatoms. The van der Waals surface area contributed by atoms with Gasteiger partial charge in [0.2, 0.25) is 0 Å². The molecular weight excluding hydrogens is 154 g/mol. The van der Waals surface area contributed by atoms with Crippen molar-refractivity contribution in [3.63, 3.8) is 0 Å². The van der Waals surface area contributed by atoms with E-state index in [9.17, 15) is 4.79 Å². The monoisotopic (exact) mass is 163 g/mol. The highest BCUT2D eigenvalue weighted by molar-refractivity contribution is 5.98. The van der Waals surface area contributed by atoms with E-state index in [0.29, 0.717) is 5.84 Å². The van der Waals surface area contributed by atoms with E-state index in [1.165, 1.54) is 0 Å². The Bertz CT molecular complexity index is 303. The highest BCUT2D eigenvalue weighted by atomic mass is 16.2. The van der Waals surface area contributed by atoms with Crippen molar-refractivity contribution in [2.75, 3.05) is 0 Å². The Kier molecular flexibility index (Phi) is 1.46. The molecule has 0 aliphatic carbocycles. The normalized spacial score (nSPS) is 26.4. The number of amides is 2. The Labute approximate surface area is 70.3 Å². The molecule has 0 spiro atoms. The number of hydrogen-bond donors (Lipinski definition) is 1. The lowest BCUT2D eigenvalue weighted by molar-refractivity contribution is 0.209. The Morgan fingerprint density at radius 2 is 2.42 bits per heavy atom. The van der Waals surface area contributed by atoms with Gasteiger partial charge in [-0.25, -0.2) is 9.79 Å². The van der Waals surface area contributed by atoms with Crippen LogP contribution in [0.4, 0.5) is 4.79 Å². The van der Waals surface area contributed by atoms with Crippen LogP contribution < -0.4 is 5.32 Å². The van der Waals surface area contributed by atoms with Gasteiger partial charge in [-0.1, -0.05) is 6.08 Å². The van der Waals surface area contributed by atoms with E-state index in [1.807, 2.05) is 18.2 Å². The molecule has 12 heavy (non-hydrogen) atoms. The van der Waals surface area contributed by atoms with Gasteiger partial charge in [0.1, 0.15) is 12.0 Å². The molecule has 2 aliphatic heterocycles. The number of rotatable bonds is 0. The zero-order valence-corrected chi connectivity index (χ0v) is 6.69. The van der Waals surface area contributed by atoms with E-state index in [1.54, 1.807) is 18.0 Å². The summed E-state index contributed by atoms with van der Waals surface area (Å²) in [4.78, 5) is 17.1. The quantitative estimate of drug-likeness (QED) is 0.565. The van der Waals surface area contributed by atoms with Gasteiger partial charge in [0, 0.05) is 6.20 Å². The van der Waals surface area contributed by atoms with E-state index in [-0.39, 0.29) is 12.2 Å². The Morgan fingerprint density at radius 3 is 3.25 bits per heavy atom. The maximum atomic E-state index is 11.3. The maximum absolute atomic E-state index is 11.3. The third-order valence-electron chi connectivity index (χ3n) is 1.77. The summed E-state index contributed by atoms with van der Waals surface area (Å²) in [6, 6.07) is -0.117. The Morgan fingerprint density at radius 1 is 1.58 bits per heavy atom. The van der Waals surface area contributed by atoms with Crippen molar-refractivity contribution >= 4 is 11.9 Å². The zero-order chi connectivity index (χ0) is 8.55. The van der Waals surface area contributed by atoms with Crippen molar-refractivity contribution in [2.45, 2.75) is 13.1 Å². The molecule has 2 heterocycles. The lowest BCUT2D eigenvalue weighted by Gasteiger charge is -2.29. The van der Waals surface area contributed by atoms with E-state index in [4.69, 9.17) is 0 Å². The number of urea groups is 1. The number of carbonyl (C=O) groups excluding carboxylic acids is 1. The number of allylic oxidation sites excluding steroid dienone is 2. The summed E-state index contributed by atoms with van der Waals surface area (Å²) in [6.07, 6.45) is 7.14. The fourth-order valence-corrected chi connectivity index (χ4v) is 1.23. The highest BCUT2D eigenvalue weighted by Crippen LogP contribution is 2.12. The van der Waals surface area contributed by atoms with Crippen LogP contribution in [0, 0.1) is 0 Å². The van der Waals surface area contributed by atoms with E-state index in [2.05, 4.69) is 10.3 Å². The van der Waals surface area contributed by atoms with E-state index in [0.717, 1.165) is 0 Å². The molecule has 4 nitrogen and oxygen atoms in total. The minimum Gasteiger partial charge on any atom is -0.296 e. The smallest absolute Gasteiger partial charge is 0.296 e. The first kappa shape index (κ1) is 7.09. The number of hydrogen-bond acceptors (Lipinski definition) is 2.